The number of benzene rings is 2. The van der Waals surface area contributed by atoms with Crippen LogP contribution in [0.2, 0.25) is 0 Å². The summed E-state index contributed by atoms with van der Waals surface area (Å²) in [7, 11) is 0. The molecular weight excluding hydrogens is 262 g/mol. The van der Waals surface area contributed by atoms with Crippen molar-refractivity contribution in [1.82, 2.24) is 0 Å². The fourth-order valence-corrected chi connectivity index (χ4v) is 2.24. The summed E-state index contributed by atoms with van der Waals surface area (Å²) in [4.78, 5) is 11.0. The molecule has 21 heavy (non-hydrogen) atoms. The van der Waals surface area contributed by atoms with Gasteiger partial charge in [-0.3, -0.25) is 0 Å². The Kier molecular flexibility index (Phi) is 4.63. The molecule has 3 nitrogen and oxygen atoms in total. The molecule has 2 aromatic rings. The van der Waals surface area contributed by atoms with Crippen LogP contribution in [-0.2, 0) is 6.54 Å². The average molecular weight is 283 g/mol. The highest BCUT2D eigenvalue weighted by molar-refractivity contribution is 5.89. The molecule has 0 aliphatic carbocycles. The SMILES string of the molecule is Cc1cc(NCc2ccc(C(C)C)cc2)ccc1C(=O)O. The van der Waals surface area contributed by atoms with Crippen LogP contribution >= 0.6 is 0 Å². The lowest BCUT2D eigenvalue weighted by atomic mass is 10.0. The van der Waals surface area contributed by atoms with E-state index in [0.29, 0.717) is 11.5 Å². The molecule has 0 aromatic heterocycles. The quantitative estimate of drug-likeness (QED) is 0.853. The van der Waals surface area contributed by atoms with E-state index in [4.69, 9.17) is 5.11 Å². The monoisotopic (exact) mass is 283 g/mol. The number of carbonyl (C=O) groups is 1. The number of aryl methyl sites for hydroxylation is 1. The molecule has 0 unspecified atom stereocenters. The third-order valence-electron chi connectivity index (χ3n) is 3.60. The van der Waals surface area contributed by atoms with Crippen LogP contribution in [0.25, 0.3) is 0 Å². The second-order valence-corrected chi connectivity index (χ2v) is 5.58. The van der Waals surface area contributed by atoms with Crippen molar-refractivity contribution >= 4 is 11.7 Å². The standard InChI is InChI=1S/C18H21NO2/c1-12(2)15-6-4-14(5-7-15)11-19-16-8-9-17(18(20)21)13(3)10-16/h4-10,12,19H,11H2,1-3H3,(H,20,21). The van der Waals surface area contributed by atoms with Crippen LogP contribution in [0.1, 0.15) is 46.8 Å². The first-order valence-electron chi connectivity index (χ1n) is 7.14. The Labute approximate surface area is 125 Å². The van der Waals surface area contributed by atoms with Gasteiger partial charge >= 0.3 is 5.97 Å². The first-order chi connectivity index (χ1) is 9.97. The summed E-state index contributed by atoms with van der Waals surface area (Å²) in [6.45, 7) is 6.90. The Morgan fingerprint density at radius 2 is 1.81 bits per heavy atom. The fraction of sp³-hybridized carbons (Fsp3) is 0.278. The van der Waals surface area contributed by atoms with E-state index in [2.05, 4.69) is 43.4 Å². The fourth-order valence-electron chi connectivity index (χ4n) is 2.24. The van der Waals surface area contributed by atoms with E-state index in [-0.39, 0.29) is 0 Å². The summed E-state index contributed by atoms with van der Waals surface area (Å²) in [6.07, 6.45) is 0. The van der Waals surface area contributed by atoms with Crippen LogP contribution in [0.4, 0.5) is 5.69 Å². The molecule has 2 N–H and O–H groups in total. The number of anilines is 1. The molecule has 0 fully saturated rings. The predicted molar refractivity (Wildman–Crippen MR) is 86.0 cm³/mol. The first kappa shape index (κ1) is 15.1. The van der Waals surface area contributed by atoms with E-state index in [9.17, 15) is 4.79 Å². The second-order valence-electron chi connectivity index (χ2n) is 5.58. The average Bonchev–Trinajstić information content (AvgIpc) is 2.45. The van der Waals surface area contributed by atoms with E-state index >= 15 is 0 Å². The molecular formula is C18H21NO2. The Morgan fingerprint density at radius 3 is 2.33 bits per heavy atom. The zero-order valence-electron chi connectivity index (χ0n) is 12.7. The summed E-state index contributed by atoms with van der Waals surface area (Å²) in [5.74, 6) is -0.346. The third-order valence-corrected chi connectivity index (χ3v) is 3.60. The normalized spacial score (nSPS) is 10.7. The molecule has 0 heterocycles. The number of carboxylic acids is 1. The van der Waals surface area contributed by atoms with Crippen molar-refractivity contribution in [2.24, 2.45) is 0 Å². The van der Waals surface area contributed by atoms with Gasteiger partial charge in [-0.15, -0.1) is 0 Å². The second kappa shape index (κ2) is 6.44. The molecule has 3 heteroatoms. The summed E-state index contributed by atoms with van der Waals surface area (Å²) in [5, 5.41) is 12.3. The van der Waals surface area contributed by atoms with Crippen LogP contribution in [-0.4, -0.2) is 11.1 Å². The van der Waals surface area contributed by atoms with E-state index < -0.39 is 5.97 Å². The molecule has 0 amide bonds. The van der Waals surface area contributed by atoms with Crippen molar-refractivity contribution in [2.75, 3.05) is 5.32 Å². The van der Waals surface area contributed by atoms with Gasteiger partial charge < -0.3 is 10.4 Å². The molecule has 110 valence electrons. The van der Waals surface area contributed by atoms with Gasteiger partial charge in [0.05, 0.1) is 5.56 Å². The largest absolute Gasteiger partial charge is 0.478 e. The molecule has 0 radical (unpaired) electrons. The minimum atomic E-state index is -0.886. The van der Waals surface area contributed by atoms with Crippen molar-refractivity contribution in [3.8, 4) is 0 Å². The molecule has 0 atom stereocenters. The molecule has 0 aliphatic rings. The highest BCUT2D eigenvalue weighted by Gasteiger charge is 2.07. The van der Waals surface area contributed by atoms with Gasteiger partial charge in [-0.25, -0.2) is 4.79 Å². The molecule has 0 aliphatic heterocycles. The molecule has 2 aromatic carbocycles. The highest BCUT2D eigenvalue weighted by atomic mass is 16.4. The van der Waals surface area contributed by atoms with Gasteiger partial charge in [0, 0.05) is 12.2 Å². The first-order valence-corrected chi connectivity index (χ1v) is 7.14. The van der Waals surface area contributed by atoms with Gasteiger partial charge in [-0.05, 0) is 47.7 Å². The van der Waals surface area contributed by atoms with Crippen LogP contribution < -0.4 is 5.32 Å². The number of hydrogen-bond acceptors (Lipinski definition) is 2. The lowest BCUT2D eigenvalue weighted by Crippen LogP contribution is -2.03. The maximum absolute atomic E-state index is 11.0. The van der Waals surface area contributed by atoms with Crippen LogP contribution in [0, 0.1) is 6.92 Å². The minimum Gasteiger partial charge on any atom is -0.478 e. The highest BCUT2D eigenvalue weighted by Crippen LogP contribution is 2.18. The zero-order chi connectivity index (χ0) is 15.4. The minimum absolute atomic E-state index is 0.349. The van der Waals surface area contributed by atoms with Crippen molar-refractivity contribution in [3.05, 3.63) is 64.7 Å². The molecule has 0 spiro atoms. The summed E-state index contributed by atoms with van der Waals surface area (Å²) in [6, 6.07) is 13.9. The van der Waals surface area contributed by atoms with Crippen LogP contribution in [0.15, 0.2) is 42.5 Å². The van der Waals surface area contributed by atoms with Crippen molar-refractivity contribution in [1.29, 1.82) is 0 Å². The van der Waals surface area contributed by atoms with Gasteiger partial charge in [0.25, 0.3) is 0 Å². The Balaban J connectivity index is 2.03. The van der Waals surface area contributed by atoms with Gasteiger partial charge in [-0.2, -0.15) is 0 Å². The number of hydrogen-bond donors (Lipinski definition) is 2. The van der Waals surface area contributed by atoms with E-state index in [1.165, 1.54) is 11.1 Å². The Morgan fingerprint density at radius 1 is 1.14 bits per heavy atom. The lowest BCUT2D eigenvalue weighted by Gasteiger charge is -2.10. The Hall–Kier alpha value is -2.29. The molecule has 0 saturated carbocycles. The summed E-state index contributed by atoms with van der Waals surface area (Å²) < 4.78 is 0. The number of rotatable bonds is 5. The third kappa shape index (κ3) is 3.85. The lowest BCUT2D eigenvalue weighted by molar-refractivity contribution is 0.0696. The van der Waals surface area contributed by atoms with Gasteiger partial charge in [0.1, 0.15) is 0 Å². The number of aromatic carboxylic acids is 1. The summed E-state index contributed by atoms with van der Waals surface area (Å²) >= 11 is 0. The maximum Gasteiger partial charge on any atom is 0.335 e. The topological polar surface area (TPSA) is 49.3 Å². The number of carboxylic acid groups (broad SMARTS) is 1. The van der Waals surface area contributed by atoms with Crippen LogP contribution in [0.3, 0.4) is 0 Å². The Bertz CT molecular complexity index is 630. The van der Waals surface area contributed by atoms with Crippen LogP contribution in [0.5, 0.6) is 0 Å². The van der Waals surface area contributed by atoms with Crippen molar-refractivity contribution in [2.45, 2.75) is 33.2 Å². The zero-order valence-corrected chi connectivity index (χ0v) is 12.7. The molecule has 0 saturated heterocycles. The summed E-state index contributed by atoms with van der Waals surface area (Å²) in [5.41, 5.74) is 4.59. The molecule has 0 bridgehead atoms. The van der Waals surface area contributed by atoms with E-state index in [1.807, 2.05) is 13.0 Å². The van der Waals surface area contributed by atoms with Crippen molar-refractivity contribution in [3.63, 3.8) is 0 Å². The maximum atomic E-state index is 11.0. The van der Waals surface area contributed by atoms with E-state index in [0.717, 1.165) is 17.8 Å². The predicted octanol–water partition coefficient (Wildman–Crippen LogP) is 4.43. The molecule has 2 rings (SSSR count). The van der Waals surface area contributed by atoms with Gasteiger partial charge in [-0.1, -0.05) is 38.1 Å². The smallest absolute Gasteiger partial charge is 0.335 e. The van der Waals surface area contributed by atoms with E-state index in [1.54, 1.807) is 12.1 Å². The van der Waals surface area contributed by atoms with Gasteiger partial charge in [0.2, 0.25) is 0 Å². The van der Waals surface area contributed by atoms with Gasteiger partial charge in [0.15, 0.2) is 0 Å². The van der Waals surface area contributed by atoms with Crippen molar-refractivity contribution < 1.29 is 9.90 Å². The number of nitrogens with one attached hydrogen (secondary N) is 1.